The molecule has 0 heterocycles. The molecule has 0 aliphatic heterocycles. The van der Waals surface area contributed by atoms with Gasteiger partial charge in [0.2, 0.25) is 0 Å². The maximum Gasteiger partial charge on any atom is 1.00 e. The van der Waals surface area contributed by atoms with Crippen molar-refractivity contribution in [3.63, 3.8) is 0 Å². The molecule has 0 saturated heterocycles. The van der Waals surface area contributed by atoms with E-state index in [2.05, 4.69) is 13.0 Å². The van der Waals surface area contributed by atoms with Crippen molar-refractivity contribution >= 4 is 0 Å². The minimum atomic E-state index is 0. The first kappa shape index (κ1) is 11.7. The van der Waals surface area contributed by atoms with Crippen molar-refractivity contribution in [2.45, 2.75) is 13.3 Å². The van der Waals surface area contributed by atoms with Crippen LogP contribution < -0.4 is 56.1 Å². The van der Waals surface area contributed by atoms with E-state index in [1.165, 1.54) is 5.56 Å². The Morgan fingerprint density at radius 1 is 1.36 bits per heavy atom. The molecule has 1 aromatic carbocycles. The summed E-state index contributed by atoms with van der Waals surface area (Å²) in [6, 6.07) is 8.08. The normalized spacial score (nSPS) is 8.55. The van der Waals surface area contributed by atoms with E-state index in [0.29, 0.717) is 0 Å². The van der Waals surface area contributed by atoms with Gasteiger partial charge in [0.15, 0.2) is 0 Å². The number of aryl methyl sites for hydroxylation is 1. The average molecular weight is 176 g/mol. The molecule has 1 nitrogen and oxygen atoms in total. The molecule has 0 saturated carbocycles. The monoisotopic (exact) mass is 176 g/mol. The third kappa shape index (κ3) is 3.26. The van der Waals surface area contributed by atoms with Crippen molar-refractivity contribution < 1.29 is 57.5 Å². The van der Waals surface area contributed by atoms with E-state index in [9.17, 15) is 0 Å². The van der Waals surface area contributed by atoms with Gasteiger partial charge in [0.05, 0.1) is 7.11 Å². The fourth-order valence-electron chi connectivity index (χ4n) is 0.995. The minimum absolute atomic E-state index is 0. The van der Waals surface area contributed by atoms with Gasteiger partial charge in [0, 0.05) is 0 Å². The van der Waals surface area contributed by atoms with Crippen LogP contribution in [0.4, 0.5) is 0 Å². The summed E-state index contributed by atoms with van der Waals surface area (Å²) in [5.41, 5.74) is 1.27. The summed E-state index contributed by atoms with van der Waals surface area (Å²) >= 11 is 0. The zero-order valence-electron chi connectivity index (χ0n) is 8.42. The van der Waals surface area contributed by atoms with Gasteiger partial charge in [-0.15, -0.1) is 0 Å². The Labute approximate surface area is 112 Å². The molecule has 11 heavy (non-hydrogen) atoms. The van der Waals surface area contributed by atoms with E-state index in [-0.39, 0.29) is 52.8 Å². The van der Waals surface area contributed by atoms with E-state index < -0.39 is 0 Å². The summed E-state index contributed by atoms with van der Waals surface area (Å²) in [4.78, 5) is 0. The van der Waals surface area contributed by atoms with Crippen LogP contribution in [0.15, 0.2) is 24.3 Å². The topological polar surface area (TPSA) is 9.23 Å². The Morgan fingerprint density at radius 2 is 2.00 bits per heavy atom. The van der Waals surface area contributed by atoms with E-state index in [1.54, 1.807) is 7.11 Å². The summed E-state index contributed by atoms with van der Waals surface area (Å²) in [5.74, 6) is 0.991. The Morgan fingerprint density at radius 3 is 2.45 bits per heavy atom. The van der Waals surface area contributed by atoms with Crippen LogP contribution in [0.3, 0.4) is 0 Å². The molecule has 0 aromatic heterocycles. The molecular formula is C9H13KO. The molecule has 0 fully saturated rings. The zero-order valence-corrected chi connectivity index (χ0v) is 10.5. The first-order valence-corrected chi connectivity index (χ1v) is 3.50. The number of rotatable bonds is 2. The van der Waals surface area contributed by atoms with Crippen molar-refractivity contribution in [2.24, 2.45) is 0 Å². The predicted octanol–water partition coefficient (Wildman–Crippen LogP) is -0.626. The molecule has 0 amide bonds. The van der Waals surface area contributed by atoms with Crippen molar-refractivity contribution in [1.29, 1.82) is 0 Å². The molecule has 1 aromatic rings. The van der Waals surface area contributed by atoms with Gasteiger partial charge >= 0.3 is 51.4 Å². The molecule has 0 N–H and O–H groups in total. The Balaban J connectivity index is 0. The fourth-order valence-corrected chi connectivity index (χ4v) is 0.995. The van der Waals surface area contributed by atoms with Gasteiger partial charge in [0.25, 0.3) is 0 Å². The molecule has 0 radical (unpaired) electrons. The maximum absolute atomic E-state index is 5.14. The second kappa shape index (κ2) is 6.20. The number of hydrogen-bond donors (Lipinski definition) is 0. The number of hydrogen-bond acceptors (Lipinski definition) is 1. The molecule has 56 valence electrons. The molecule has 0 spiro atoms. The third-order valence-electron chi connectivity index (χ3n) is 1.57. The van der Waals surface area contributed by atoms with Gasteiger partial charge < -0.3 is 6.16 Å². The smallest absolute Gasteiger partial charge is 1.00 e. The van der Waals surface area contributed by atoms with Crippen LogP contribution in [-0.2, 0) is 6.42 Å². The van der Waals surface area contributed by atoms with Gasteiger partial charge in [-0.1, -0.05) is 25.1 Å². The molecule has 0 bridgehead atoms. The first-order chi connectivity index (χ1) is 4.88. The minimum Gasteiger partial charge on any atom is -1.00 e. The van der Waals surface area contributed by atoms with Crippen LogP contribution in [0.1, 0.15) is 13.9 Å². The molecule has 0 atom stereocenters. The second-order valence-electron chi connectivity index (χ2n) is 2.17. The Kier molecular flexibility index (Phi) is 6.57. The molecule has 2 heteroatoms. The first-order valence-electron chi connectivity index (χ1n) is 3.50. The second-order valence-corrected chi connectivity index (χ2v) is 2.17. The molecule has 0 unspecified atom stereocenters. The fraction of sp³-hybridized carbons (Fsp3) is 0.333. The van der Waals surface area contributed by atoms with Crippen LogP contribution in [0.5, 0.6) is 5.75 Å². The van der Waals surface area contributed by atoms with Crippen LogP contribution >= 0.6 is 0 Å². The van der Waals surface area contributed by atoms with Crippen LogP contribution in [0, 0.1) is 0 Å². The van der Waals surface area contributed by atoms with E-state index in [0.717, 1.165) is 12.2 Å². The van der Waals surface area contributed by atoms with E-state index in [1.807, 2.05) is 18.2 Å². The molecular weight excluding hydrogens is 163 g/mol. The van der Waals surface area contributed by atoms with E-state index in [4.69, 9.17) is 4.74 Å². The van der Waals surface area contributed by atoms with E-state index >= 15 is 0 Å². The maximum atomic E-state index is 5.14. The third-order valence-corrected chi connectivity index (χ3v) is 1.57. The van der Waals surface area contributed by atoms with Gasteiger partial charge in [-0.05, 0) is 18.1 Å². The van der Waals surface area contributed by atoms with Crippen LogP contribution in [-0.4, -0.2) is 7.11 Å². The summed E-state index contributed by atoms with van der Waals surface area (Å²) in [7, 11) is 1.70. The van der Waals surface area contributed by atoms with Crippen LogP contribution in [0.25, 0.3) is 0 Å². The predicted molar refractivity (Wildman–Crippen MR) is 43.5 cm³/mol. The molecule has 1 rings (SSSR count). The van der Waals surface area contributed by atoms with Gasteiger partial charge in [-0.2, -0.15) is 0 Å². The number of benzene rings is 1. The van der Waals surface area contributed by atoms with Crippen molar-refractivity contribution in [2.75, 3.05) is 7.11 Å². The molecule has 0 aliphatic carbocycles. The average Bonchev–Trinajstić information content (AvgIpc) is 2.04. The zero-order chi connectivity index (χ0) is 7.40. The summed E-state index contributed by atoms with van der Waals surface area (Å²) in [6.07, 6.45) is 1.03. The van der Waals surface area contributed by atoms with Gasteiger partial charge in [-0.3, -0.25) is 0 Å². The standard InChI is InChI=1S/C9H12O.K.H/c1-3-8-6-4-5-7-9(8)10-2;;/h4-7H,3H2,1-2H3;;/q;+1;-1. The number of para-hydroxylation sites is 1. The van der Waals surface area contributed by atoms with Crippen LogP contribution in [0.2, 0.25) is 0 Å². The van der Waals surface area contributed by atoms with Crippen molar-refractivity contribution in [1.82, 2.24) is 0 Å². The Bertz CT molecular complexity index is 192. The quantitative estimate of drug-likeness (QED) is 0.545. The number of ether oxygens (including phenoxy) is 1. The summed E-state index contributed by atoms with van der Waals surface area (Å²) in [5, 5.41) is 0. The molecule has 0 aliphatic rings. The summed E-state index contributed by atoms with van der Waals surface area (Å²) < 4.78 is 5.14. The number of methoxy groups -OCH3 is 1. The Hall–Kier alpha value is 0.656. The van der Waals surface area contributed by atoms with Crippen molar-refractivity contribution in [3.05, 3.63) is 29.8 Å². The van der Waals surface area contributed by atoms with Gasteiger partial charge in [-0.25, -0.2) is 0 Å². The summed E-state index contributed by atoms with van der Waals surface area (Å²) in [6.45, 7) is 2.12. The van der Waals surface area contributed by atoms with Crippen molar-refractivity contribution in [3.8, 4) is 5.75 Å². The SMILES string of the molecule is CCc1ccccc1OC.[H-].[K+]. The van der Waals surface area contributed by atoms with Gasteiger partial charge in [0.1, 0.15) is 5.75 Å². The largest absolute Gasteiger partial charge is 1.00 e.